The Bertz CT molecular complexity index is 459. The monoisotopic (exact) mass is 236 g/mol. The summed E-state index contributed by atoms with van der Waals surface area (Å²) in [6.07, 6.45) is 0.739. The zero-order valence-electron chi connectivity index (χ0n) is 9.68. The summed E-state index contributed by atoms with van der Waals surface area (Å²) >= 11 is 0. The molecule has 0 fully saturated rings. The molecule has 5 heteroatoms. The lowest BCUT2D eigenvalue weighted by Gasteiger charge is -2.16. The van der Waals surface area contributed by atoms with Crippen molar-refractivity contribution in [3.63, 3.8) is 0 Å². The molecule has 0 radical (unpaired) electrons. The topological polar surface area (TPSA) is 86.8 Å². The third-order valence-electron chi connectivity index (χ3n) is 3.31. The summed E-state index contributed by atoms with van der Waals surface area (Å²) in [5.41, 5.74) is 7.64. The van der Waals surface area contributed by atoms with E-state index in [1.165, 1.54) is 0 Å². The Kier molecular flexibility index (Phi) is 2.93. The lowest BCUT2D eigenvalue weighted by Crippen LogP contribution is -2.21. The van der Waals surface area contributed by atoms with Gasteiger partial charge in [0.1, 0.15) is 5.75 Å². The summed E-state index contributed by atoms with van der Waals surface area (Å²) in [5.74, 6) is -1.76. The van der Waals surface area contributed by atoms with Crippen molar-refractivity contribution in [1.29, 1.82) is 0 Å². The Labute approximate surface area is 99.5 Å². The maximum atomic E-state index is 11.0. The predicted molar refractivity (Wildman–Crippen MR) is 64.5 cm³/mol. The number of phenols is 1. The molecule has 4 N–H and O–H groups in total. The molecule has 0 amide bonds. The third kappa shape index (κ3) is 1.82. The second-order valence-electron chi connectivity index (χ2n) is 4.30. The molecule has 1 aromatic carbocycles. The standard InChI is InChI=1S/C12H16N2O3/c1-14-5-4-8-10(14)3-2-7(11(8)15)9(6-13)12(16)17/h2-3,9,15H,4-6,13H2,1H3,(H,16,17). The van der Waals surface area contributed by atoms with Crippen molar-refractivity contribution < 1.29 is 15.0 Å². The Morgan fingerprint density at radius 2 is 2.29 bits per heavy atom. The number of anilines is 1. The van der Waals surface area contributed by atoms with Crippen molar-refractivity contribution in [1.82, 2.24) is 0 Å². The number of nitrogens with zero attached hydrogens (tertiary/aromatic N) is 1. The van der Waals surface area contributed by atoms with Crippen molar-refractivity contribution in [2.75, 3.05) is 25.0 Å². The molecular weight excluding hydrogens is 220 g/mol. The Morgan fingerprint density at radius 3 is 2.88 bits per heavy atom. The van der Waals surface area contributed by atoms with Crippen molar-refractivity contribution in [2.45, 2.75) is 12.3 Å². The molecular formula is C12H16N2O3. The number of aliphatic carboxylic acids is 1. The van der Waals surface area contributed by atoms with Gasteiger partial charge in [-0.25, -0.2) is 0 Å². The number of carboxylic acid groups (broad SMARTS) is 1. The van der Waals surface area contributed by atoms with E-state index >= 15 is 0 Å². The van der Waals surface area contributed by atoms with Crippen molar-refractivity contribution >= 4 is 11.7 Å². The highest BCUT2D eigenvalue weighted by atomic mass is 16.4. The Morgan fingerprint density at radius 1 is 1.59 bits per heavy atom. The van der Waals surface area contributed by atoms with E-state index in [2.05, 4.69) is 0 Å². The van der Waals surface area contributed by atoms with Crippen LogP contribution in [0.1, 0.15) is 17.0 Å². The van der Waals surface area contributed by atoms with Crippen LogP contribution in [0.2, 0.25) is 0 Å². The van der Waals surface area contributed by atoms with Gasteiger partial charge in [-0.2, -0.15) is 0 Å². The predicted octanol–water partition coefficient (Wildman–Crippen LogP) is 0.511. The number of phenolic OH excluding ortho intramolecular Hbond substituents is 1. The first kappa shape index (κ1) is 11.7. The van der Waals surface area contributed by atoms with E-state index in [1.807, 2.05) is 18.0 Å². The SMILES string of the molecule is CN1CCc2c1ccc(C(CN)C(=O)O)c2O. The minimum atomic E-state index is -1.01. The summed E-state index contributed by atoms with van der Waals surface area (Å²) in [6.45, 7) is 0.824. The van der Waals surface area contributed by atoms with Gasteiger partial charge >= 0.3 is 5.97 Å². The second kappa shape index (κ2) is 4.25. The largest absolute Gasteiger partial charge is 0.507 e. The normalized spacial score (nSPS) is 15.8. The van der Waals surface area contributed by atoms with Gasteiger partial charge in [-0.15, -0.1) is 0 Å². The van der Waals surface area contributed by atoms with Crippen LogP contribution in [0.4, 0.5) is 5.69 Å². The van der Waals surface area contributed by atoms with E-state index < -0.39 is 11.9 Å². The third-order valence-corrected chi connectivity index (χ3v) is 3.31. The molecule has 92 valence electrons. The van der Waals surface area contributed by atoms with Crippen LogP contribution in [-0.2, 0) is 11.2 Å². The second-order valence-corrected chi connectivity index (χ2v) is 4.30. The molecule has 1 unspecified atom stereocenters. The fraction of sp³-hybridized carbons (Fsp3) is 0.417. The Hall–Kier alpha value is -1.75. The lowest BCUT2D eigenvalue weighted by molar-refractivity contribution is -0.138. The van der Waals surface area contributed by atoms with Gasteiger partial charge in [0.25, 0.3) is 0 Å². The zero-order valence-corrected chi connectivity index (χ0v) is 9.68. The molecule has 5 nitrogen and oxygen atoms in total. The maximum Gasteiger partial charge on any atom is 0.312 e. The average molecular weight is 236 g/mol. The van der Waals surface area contributed by atoms with E-state index in [1.54, 1.807) is 6.07 Å². The van der Waals surface area contributed by atoms with Gasteiger partial charge in [-0.05, 0) is 12.5 Å². The van der Waals surface area contributed by atoms with Crippen LogP contribution in [0.3, 0.4) is 0 Å². The van der Waals surface area contributed by atoms with Gasteiger partial charge in [0.15, 0.2) is 0 Å². The Balaban J connectivity index is 2.48. The molecule has 0 saturated heterocycles. The van der Waals surface area contributed by atoms with E-state index in [0.717, 1.165) is 24.2 Å². The molecule has 1 heterocycles. The fourth-order valence-electron chi connectivity index (χ4n) is 2.29. The van der Waals surface area contributed by atoms with Gasteiger partial charge in [-0.1, -0.05) is 6.07 Å². The molecule has 2 rings (SSSR count). The fourth-order valence-corrected chi connectivity index (χ4v) is 2.29. The summed E-state index contributed by atoms with van der Waals surface area (Å²) in [4.78, 5) is 13.1. The first-order chi connectivity index (χ1) is 8.06. The first-order valence-corrected chi connectivity index (χ1v) is 5.55. The molecule has 0 spiro atoms. The molecule has 1 aromatic rings. The molecule has 0 aliphatic carbocycles. The summed E-state index contributed by atoms with van der Waals surface area (Å²) in [5, 5.41) is 19.2. The average Bonchev–Trinajstić information content (AvgIpc) is 2.65. The van der Waals surface area contributed by atoms with Crippen LogP contribution in [0.5, 0.6) is 5.75 Å². The first-order valence-electron chi connectivity index (χ1n) is 5.55. The molecule has 1 aliphatic heterocycles. The summed E-state index contributed by atoms with van der Waals surface area (Å²) in [6, 6.07) is 3.50. The number of fused-ring (bicyclic) bond motifs is 1. The van der Waals surface area contributed by atoms with E-state index in [-0.39, 0.29) is 12.3 Å². The number of carboxylic acids is 1. The smallest absolute Gasteiger partial charge is 0.312 e. The molecule has 0 aromatic heterocycles. The number of carbonyl (C=O) groups is 1. The minimum absolute atomic E-state index is 0.0163. The highest BCUT2D eigenvalue weighted by Gasteiger charge is 2.27. The van der Waals surface area contributed by atoms with Crippen LogP contribution in [0.15, 0.2) is 12.1 Å². The summed E-state index contributed by atoms with van der Waals surface area (Å²) in [7, 11) is 1.95. The van der Waals surface area contributed by atoms with Crippen LogP contribution >= 0.6 is 0 Å². The number of hydrogen-bond acceptors (Lipinski definition) is 4. The number of aromatic hydroxyl groups is 1. The molecule has 17 heavy (non-hydrogen) atoms. The number of benzene rings is 1. The lowest BCUT2D eigenvalue weighted by atomic mass is 9.95. The van der Waals surface area contributed by atoms with E-state index in [4.69, 9.17) is 10.8 Å². The van der Waals surface area contributed by atoms with Gasteiger partial charge in [0.2, 0.25) is 0 Å². The molecule has 1 aliphatic rings. The quantitative estimate of drug-likeness (QED) is 0.712. The molecule has 0 bridgehead atoms. The van der Waals surface area contributed by atoms with Crippen molar-refractivity contribution in [3.05, 3.63) is 23.3 Å². The highest BCUT2D eigenvalue weighted by molar-refractivity contribution is 5.79. The highest BCUT2D eigenvalue weighted by Crippen LogP contribution is 2.38. The number of hydrogen-bond donors (Lipinski definition) is 3. The van der Waals surface area contributed by atoms with Crippen molar-refractivity contribution in [2.24, 2.45) is 5.73 Å². The van der Waals surface area contributed by atoms with Crippen LogP contribution in [0, 0.1) is 0 Å². The molecule has 0 saturated carbocycles. The van der Waals surface area contributed by atoms with Crippen LogP contribution < -0.4 is 10.6 Å². The maximum absolute atomic E-state index is 11.0. The van der Waals surface area contributed by atoms with Crippen LogP contribution in [-0.4, -0.2) is 36.3 Å². The van der Waals surface area contributed by atoms with E-state index in [9.17, 15) is 9.90 Å². The number of nitrogens with two attached hydrogens (primary N) is 1. The zero-order chi connectivity index (χ0) is 12.6. The molecule has 1 atom stereocenters. The number of rotatable bonds is 3. The van der Waals surface area contributed by atoms with Crippen molar-refractivity contribution in [3.8, 4) is 5.75 Å². The van der Waals surface area contributed by atoms with Gasteiger partial charge in [-0.3, -0.25) is 4.79 Å². The minimum Gasteiger partial charge on any atom is -0.507 e. The van der Waals surface area contributed by atoms with Crippen LogP contribution in [0.25, 0.3) is 0 Å². The summed E-state index contributed by atoms with van der Waals surface area (Å²) < 4.78 is 0. The number of likely N-dealkylation sites (N-methyl/N-ethyl adjacent to an activating group) is 1. The van der Waals surface area contributed by atoms with E-state index in [0.29, 0.717) is 5.56 Å². The van der Waals surface area contributed by atoms with Gasteiger partial charge < -0.3 is 20.8 Å². The van der Waals surface area contributed by atoms with Gasteiger partial charge in [0, 0.05) is 37.0 Å². The van der Waals surface area contributed by atoms with Gasteiger partial charge in [0.05, 0.1) is 5.92 Å².